The van der Waals surface area contributed by atoms with E-state index in [0.29, 0.717) is 18.5 Å². The Morgan fingerprint density at radius 1 is 1.36 bits per heavy atom. The summed E-state index contributed by atoms with van der Waals surface area (Å²) < 4.78 is 5.36. The number of likely N-dealkylation sites (N-methyl/N-ethyl adjacent to an activating group) is 1. The molecule has 6 nitrogen and oxygen atoms in total. The number of nitrogens with zero attached hydrogens (tertiary/aromatic N) is 3. The first-order valence-corrected chi connectivity index (χ1v) is 9.56. The molecule has 1 unspecified atom stereocenters. The maximum absolute atomic E-state index is 5.36. The topological polar surface area (TPSA) is 65.7 Å². The number of rotatable bonds is 8. The number of aromatic nitrogens is 1. The molecule has 7 heteroatoms. The number of guanidine groups is 1. The molecule has 2 heterocycles. The number of thiophene rings is 1. The van der Waals surface area contributed by atoms with Gasteiger partial charge in [-0.15, -0.1) is 11.3 Å². The third-order valence-electron chi connectivity index (χ3n) is 3.86. The van der Waals surface area contributed by atoms with E-state index in [9.17, 15) is 0 Å². The van der Waals surface area contributed by atoms with Crippen LogP contribution in [-0.2, 0) is 6.54 Å². The second kappa shape index (κ2) is 9.58. The Bertz CT molecular complexity index is 648. The highest BCUT2D eigenvalue weighted by atomic mass is 32.1. The zero-order chi connectivity index (χ0) is 18.2. The normalized spacial score (nSPS) is 13.5. The summed E-state index contributed by atoms with van der Waals surface area (Å²) in [6.07, 6.45) is 0. The van der Waals surface area contributed by atoms with Gasteiger partial charge in [0.25, 0.3) is 0 Å². The average molecular weight is 364 g/mol. The van der Waals surface area contributed by atoms with Crippen LogP contribution < -0.4 is 10.6 Å². The SMILES string of the molecule is CCNC(=NCc1cc(C(C)C)no1)NCC(c1cccs1)N(C)C. The molecule has 2 aromatic heterocycles. The van der Waals surface area contributed by atoms with E-state index < -0.39 is 0 Å². The molecule has 25 heavy (non-hydrogen) atoms. The maximum Gasteiger partial charge on any atom is 0.191 e. The average Bonchev–Trinajstić information content (AvgIpc) is 3.24. The van der Waals surface area contributed by atoms with Crippen molar-refractivity contribution in [3.8, 4) is 0 Å². The van der Waals surface area contributed by atoms with E-state index in [1.54, 1.807) is 11.3 Å². The van der Waals surface area contributed by atoms with Crippen LogP contribution in [0.2, 0.25) is 0 Å². The van der Waals surface area contributed by atoms with Crippen molar-refractivity contribution in [3.05, 3.63) is 39.9 Å². The van der Waals surface area contributed by atoms with E-state index in [0.717, 1.165) is 30.5 Å². The molecule has 0 saturated heterocycles. The predicted molar refractivity (Wildman–Crippen MR) is 104 cm³/mol. The first-order valence-electron chi connectivity index (χ1n) is 8.68. The Morgan fingerprint density at radius 2 is 2.16 bits per heavy atom. The summed E-state index contributed by atoms with van der Waals surface area (Å²) in [5.41, 5.74) is 0.966. The Labute approximate surface area is 154 Å². The quantitative estimate of drug-likeness (QED) is 0.557. The van der Waals surface area contributed by atoms with Crippen LogP contribution in [0.5, 0.6) is 0 Å². The minimum atomic E-state index is 0.307. The van der Waals surface area contributed by atoms with Crippen LogP contribution in [0.1, 0.15) is 49.1 Å². The first-order chi connectivity index (χ1) is 12.0. The Kier molecular flexibility index (Phi) is 7.46. The van der Waals surface area contributed by atoms with Gasteiger partial charge in [0.2, 0.25) is 0 Å². The van der Waals surface area contributed by atoms with Crippen molar-refractivity contribution in [1.29, 1.82) is 0 Å². The van der Waals surface area contributed by atoms with E-state index in [1.165, 1.54) is 4.88 Å². The number of hydrogen-bond donors (Lipinski definition) is 2. The van der Waals surface area contributed by atoms with Crippen LogP contribution in [0.4, 0.5) is 0 Å². The number of nitrogens with one attached hydrogen (secondary N) is 2. The molecule has 2 aromatic rings. The second-order valence-electron chi connectivity index (χ2n) is 6.44. The van der Waals surface area contributed by atoms with Crippen molar-refractivity contribution in [2.45, 2.75) is 39.3 Å². The molecule has 1 atom stereocenters. The molecule has 0 spiro atoms. The number of aliphatic imine (C=N–C) groups is 1. The highest BCUT2D eigenvalue weighted by Gasteiger charge is 2.15. The lowest BCUT2D eigenvalue weighted by Crippen LogP contribution is -2.41. The summed E-state index contributed by atoms with van der Waals surface area (Å²) in [4.78, 5) is 8.17. The Morgan fingerprint density at radius 3 is 2.72 bits per heavy atom. The fourth-order valence-corrected chi connectivity index (χ4v) is 3.31. The molecule has 0 fully saturated rings. The van der Waals surface area contributed by atoms with Crippen molar-refractivity contribution in [3.63, 3.8) is 0 Å². The van der Waals surface area contributed by atoms with Crippen LogP contribution in [0.25, 0.3) is 0 Å². The minimum absolute atomic E-state index is 0.307. The van der Waals surface area contributed by atoms with Gasteiger partial charge in [0, 0.05) is 24.0 Å². The van der Waals surface area contributed by atoms with Crippen molar-refractivity contribution < 1.29 is 4.52 Å². The van der Waals surface area contributed by atoms with Crippen LogP contribution >= 0.6 is 11.3 Å². The lowest BCUT2D eigenvalue weighted by Gasteiger charge is -2.24. The maximum atomic E-state index is 5.36. The summed E-state index contributed by atoms with van der Waals surface area (Å²) in [7, 11) is 4.19. The van der Waals surface area contributed by atoms with Crippen LogP contribution in [0.15, 0.2) is 33.1 Å². The van der Waals surface area contributed by atoms with E-state index in [4.69, 9.17) is 4.52 Å². The molecular weight excluding hydrogens is 334 g/mol. The van der Waals surface area contributed by atoms with E-state index in [1.807, 2.05) is 6.07 Å². The molecule has 138 valence electrons. The third-order valence-corrected chi connectivity index (χ3v) is 4.84. The number of hydrogen-bond acceptors (Lipinski definition) is 5. The van der Waals surface area contributed by atoms with Gasteiger partial charge in [-0.05, 0) is 38.4 Å². The smallest absolute Gasteiger partial charge is 0.191 e. The zero-order valence-electron chi connectivity index (χ0n) is 15.7. The van der Waals surface area contributed by atoms with Gasteiger partial charge in [-0.2, -0.15) is 0 Å². The van der Waals surface area contributed by atoms with Gasteiger partial charge < -0.3 is 20.1 Å². The molecule has 0 aromatic carbocycles. The summed E-state index contributed by atoms with van der Waals surface area (Å²) in [5.74, 6) is 1.93. The van der Waals surface area contributed by atoms with Gasteiger partial charge in [0.05, 0.1) is 11.7 Å². The van der Waals surface area contributed by atoms with Crippen LogP contribution in [0, 0.1) is 0 Å². The second-order valence-corrected chi connectivity index (χ2v) is 7.42. The van der Waals surface area contributed by atoms with E-state index in [-0.39, 0.29) is 0 Å². The molecule has 2 rings (SSSR count). The Balaban J connectivity index is 1.98. The van der Waals surface area contributed by atoms with Crippen molar-refractivity contribution in [2.75, 3.05) is 27.2 Å². The highest BCUT2D eigenvalue weighted by molar-refractivity contribution is 7.10. The highest BCUT2D eigenvalue weighted by Crippen LogP contribution is 2.22. The van der Waals surface area contributed by atoms with E-state index in [2.05, 4.69) is 78.1 Å². The first kappa shape index (κ1) is 19.5. The molecule has 0 amide bonds. The van der Waals surface area contributed by atoms with Crippen molar-refractivity contribution >= 4 is 17.3 Å². The fourth-order valence-electron chi connectivity index (χ4n) is 2.39. The summed E-state index contributed by atoms with van der Waals surface area (Å²) >= 11 is 1.77. The van der Waals surface area contributed by atoms with Gasteiger partial charge in [0.1, 0.15) is 6.54 Å². The summed E-state index contributed by atoms with van der Waals surface area (Å²) in [6.45, 7) is 8.33. The summed E-state index contributed by atoms with van der Waals surface area (Å²) in [6, 6.07) is 6.54. The molecule has 0 aliphatic rings. The monoisotopic (exact) mass is 363 g/mol. The molecule has 0 aliphatic heterocycles. The minimum Gasteiger partial charge on any atom is -0.359 e. The Hall–Kier alpha value is -1.86. The van der Waals surface area contributed by atoms with Gasteiger partial charge >= 0.3 is 0 Å². The van der Waals surface area contributed by atoms with Crippen molar-refractivity contribution in [1.82, 2.24) is 20.7 Å². The fraction of sp³-hybridized carbons (Fsp3) is 0.556. The third kappa shape index (κ3) is 5.86. The molecular formula is C18H29N5OS. The molecule has 2 N–H and O–H groups in total. The van der Waals surface area contributed by atoms with Crippen LogP contribution in [-0.4, -0.2) is 43.2 Å². The standard InChI is InChI=1S/C18H29N5OS/c1-6-19-18(20-11-14-10-15(13(2)3)22-24-14)21-12-16(23(4)5)17-8-7-9-25-17/h7-10,13,16H,6,11-12H2,1-5H3,(H2,19,20,21). The molecule has 0 bridgehead atoms. The lowest BCUT2D eigenvalue weighted by molar-refractivity contribution is 0.302. The summed E-state index contributed by atoms with van der Waals surface area (Å²) in [5, 5.41) is 12.9. The largest absolute Gasteiger partial charge is 0.359 e. The molecule has 0 saturated carbocycles. The zero-order valence-corrected chi connectivity index (χ0v) is 16.6. The van der Waals surface area contributed by atoms with Gasteiger partial charge in [-0.1, -0.05) is 25.1 Å². The van der Waals surface area contributed by atoms with E-state index >= 15 is 0 Å². The lowest BCUT2D eigenvalue weighted by atomic mass is 10.1. The van der Waals surface area contributed by atoms with Crippen LogP contribution in [0.3, 0.4) is 0 Å². The van der Waals surface area contributed by atoms with Gasteiger partial charge in [0.15, 0.2) is 11.7 Å². The van der Waals surface area contributed by atoms with Crippen molar-refractivity contribution in [2.24, 2.45) is 4.99 Å². The van der Waals surface area contributed by atoms with Gasteiger partial charge in [-0.3, -0.25) is 0 Å². The molecule has 0 aliphatic carbocycles. The molecule has 0 radical (unpaired) electrons. The van der Waals surface area contributed by atoms with Gasteiger partial charge in [-0.25, -0.2) is 4.99 Å². The predicted octanol–water partition coefficient (Wildman–Crippen LogP) is 3.22.